The molecule has 0 spiro atoms. The van der Waals surface area contributed by atoms with Crippen LogP contribution in [0.15, 0.2) is 42.0 Å². The predicted octanol–water partition coefficient (Wildman–Crippen LogP) is 4.62. The Labute approximate surface area is 128 Å². The number of carbonyl (C=O) groups excluding carboxylic acids is 1. The van der Waals surface area contributed by atoms with E-state index in [1.54, 1.807) is 0 Å². The molecule has 0 atom stereocenters. The lowest BCUT2D eigenvalue weighted by molar-refractivity contribution is -0.116. The molecule has 0 radical (unpaired) electrons. The quantitative estimate of drug-likeness (QED) is 0.735. The maximum atomic E-state index is 11.7. The van der Waals surface area contributed by atoms with Crippen LogP contribution in [0.4, 0.5) is 5.69 Å². The van der Waals surface area contributed by atoms with Crippen LogP contribution in [0.2, 0.25) is 0 Å². The summed E-state index contributed by atoms with van der Waals surface area (Å²) in [5, 5.41) is 0. The van der Waals surface area contributed by atoms with Crippen LogP contribution in [-0.4, -0.2) is 19.4 Å². The first kappa shape index (κ1) is 15.6. The van der Waals surface area contributed by atoms with Crippen LogP contribution in [0.25, 0.3) is 6.08 Å². The SMILES string of the molecule is CCCN(C)c1ccc(/C=C/C=C2\CCCCC2=O)cc1. The summed E-state index contributed by atoms with van der Waals surface area (Å²) in [4.78, 5) is 14.0. The molecule has 0 N–H and O–H groups in total. The number of allylic oxidation sites excluding steroid dienone is 3. The molecule has 1 aromatic carbocycles. The minimum Gasteiger partial charge on any atom is -0.375 e. The number of hydrogen-bond donors (Lipinski definition) is 0. The van der Waals surface area contributed by atoms with Crippen molar-refractivity contribution in [3.63, 3.8) is 0 Å². The van der Waals surface area contributed by atoms with E-state index in [0.29, 0.717) is 5.78 Å². The molecule has 0 heterocycles. The third-order valence-electron chi connectivity index (χ3n) is 3.94. The fourth-order valence-corrected chi connectivity index (χ4v) is 2.66. The Balaban J connectivity index is 1.98. The minimum atomic E-state index is 0.322. The molecule has 1 saturated carbocycles. The number of nitrogens with zero attached hydrogens (tertiary/aromatic N) is 1. The van der Waals surface area contributed by atoms with Gasteiger partial charge in [0.1, 0.15) is 0 Å². The number of Topliss-reactive ketones (excluding diaryl/α,β-unsaturated/α-hetero) is 1. The van der Waals surface area contributed by atoms with Gasteiger partial charge in [-0.3, -0.25) is 4.79 Å². The summed E-state index contributed by atoms with van der Waals surface area (Å²) in [5.74, 6) is 0.322. The van der Waals surface area contributed by atoms with E-state index in [0.717, 1.165) is 44.2 Å². The summed E-state index contributed by atoms with van der Waals surface area (Å²) in [6.07, 6.45) is 11.1. The molecule has 2 nitrogen and oxygen atoms in total. The van der Waals surface area contributed by atoms with Gasteiger partial charge in [-0.25, -0.2) is 0 Å². The van der Waals surface area contributed by atoms with Gasteiger partial charge in [0.05, 0.1) is 0 Å². The van der Waals surface area contributed by atoms with E-state index in [-0.39, 0.29) is 0 Å². The van der Waals surface area contributed by atoms with Crippen molar-refractivity contribution in [3.8, 4) is 0 Å². The summed E-state index contributed by atoms with van der Waals surface area (Å²) in [5.41, 5.74) is 3.40. The lowest BCUT2D eigenvalue weighted by Crippen LogP contribution is -2.17. The van der Waals surface area contributed by atoms with E-state index in [2.05, 4.69) is 49.2 Å². The number of ketones is 1. The van der Waals surface area contributed by atoms with Crippen LogP contribution in [0.5, 0.6) is 0 Å². The number of benzene rings is 1. The van der Waals surface area contributed by atoms with Crippen LogP contribution in [-0.2, 0) is 4.79 Å². The van der Waals surface area contributed by atoms with Crippen LogP contribution in [0, 0.1) is 0 Å². The van der Waals surface area contributed by atoms with Gasteiger partial charge in [-0.1, -0.05) is 37.3 Å². The first-order valence-electron chi connectivity index (χ1n) is 7.92. The Hall–Kier alpha value is -1.83. The van der Waals surface area contributed by atoms with Crippen molar-refractivity contribution < 1.29 is 4.79 Å². The molecule has 0 saturated heterocycles. The zero-order valence-electron chi connectivity index (χ0n) is 13.1. The Morgan fingerprint density at radius 3 is 2.52 bits per heavy atom. The summed E-state index contributed by atoms with van der Waals surface area (Å²) in [6.45, 7) is 3.26. The van der Waals surface area contributed by atoms with Gasteiger partial charge in [0.2, 0.25) is 0 Å². The predicted molar refractivity (Wildman–Crippen MR) is 90.6 cm³/mol. The molecular formula is C19H25NO. The first-order valence-corrected chi connectivity index (χ1v) is 7.92. The van der Waals surface area contributed by atoms with Gasteiger partial charge in [-0.15, -0.1) is 0 Å². The van der Waals surface area contributed by atoms with Gasteiger partial charge in [-0.05, 0) is 49.0 Å². The third kappa shape index (κ3) is 4.59. The Kier molecular flexibility index (Phi) is 5.79. The molecule has 1 aliphatic carbocycles. The van der Waals surface area contributed by atoms with E-state index in [4.69, 9.17) is 0 Å². The number of rotatable bonds is 5. The number of carbonyl (C=O) groups is 1. The van der Waals surface area contributed by atoms with Crippen LogP contribution in [0.1, 0.15) is 44.6 Å². The smallest absolute Gasteiger partial charge is 0.158 e. The molecule has 0 amide bonds. The minimum absolute atomic E-state index is 0.322. The van der Waals surface area contributed by atoms with Crippen molar-refractivity contribution in [2.45, 2.75) is 39.0 Å². The molecule has 2 heteroatoms. The largest absolute Gasteiger partial charge is 0.375 e. The van der Waals surface area contributed by atoms with Gasteiger partial charge in [0, 0.05) is 25.7 Å². The maximum absolute atomic E-state index is 11.7. The molecule has 1 fully saturated rings. The molecule has 112 valence electrons. The zero-order chi connectivity index (χ0) is 15.1. The van der Waals surface area contributed by atoms with Crippen molar-refractivity contribution in [1.82, 2.24) is 0 Å². The second-order valence-corrected chi connectivity index (χ2v) is 5.69. The van der Waals surface area contributed by atoms with E-state index < -0.39 is 0 Å². The highest BCUT2D eigenvalue weighted by molar-refractivity contribution is 5.96. The molecule has 0 aromatic heterocycles. The summed E-state index contributed by atoms with van der Waals surface area (Å²) >= 11 is 0. The van der Waals surface area contributed by atoms with Crippen molar-refractivity contribution in [1.29, 1.82) is 0 Å². The average Bonchev–Trinajstić information content (AvgIpc) is 2.50. The summed E-state index contributed by atoms with van der Waals surface area (Å²) in [7, 11) is 2.12. The number of hydrogen-bond acceptors (Lipinski definition) is 2. The summed E-state index contributed by atoms with van der Waals surface area (Å²) in [6, 6.07) is 8.54. The van der Waals surface area contributed by atoms with Crippen molar-refractivity contribution in [3.05, 3.63) is 47.6 Å². The van der Waals surface area contributed by atoms with Gasteiger partial charge in [-0.2, -0.15) is 0 Å². The van der Waals surface area contributed by atoms with E-state index in [1.807, 2.05) is 12.2 Å². The van der Waals surface area contributed by atoms with Crippen molar-refractivity contribution in [2.75, 3.05) is 18.5 Å². The molecule has 0 bridgehead atoms. The normalized spacial score (nSPS) is 17.6. The average molecular weight is 283 g/mol. The molecule has 0 unspecified atom stereocenters. The van der Waals surface area contributed by atoms with Crippen molar-refractivity contribution >= 4 is 17.5 Å². The molecule has 21 heavy (non-hydrogen) atoms. The second-order valence-electron chi connectivity index (χ2n) is 5.69. The monoisotopic (exact) mass is 283 g/mol. The van der Waals surface area contributed by atoms with Crippen LogP contribution < -0.4 is 4.90 Å². The van der Waals surface area contributed by atoms with E-state index in [1.165, 1.54) is 11.3 Å². The zero-order valence-corrected chi connectivity index (χ0v) is 13.1. The van der Waals surface area contributed by atoms with Crippen LogP contribution in [0.3, 0.4) is 0 Å². The lowest BCUT2D eigenvalue weighted by Gasteiger charge is -2.18. The van der Waals surface area contributed by atoms with E-state index in [9.17, 15) is 4.79 Å². The Bertz CT molecular complexity index is 525. The Morgan fingerprint density at radius 2 is 1.86 bits per heavy atom. The lowest BCUT2D eigenvalue weighted by atomic mass is 9.93. The maximum Gasteiger partial charge on any atom is 0.158 e. The second kappa shape index (κ2) is 7.82. The molecule has 0 aliphatic heterocycles. The third-order valence-corrected chi connectivity index (χ3v) is 3.94. The highest BCUT2D eigenvalue weighted by Gasteiger charge is 2.13. The Morgan fingerprint density at radius 1 is 1.14 bits per heavy atom. The standard InChI is InChI=1S/C19H25NO/c1-3-15-20(2)18-13-11-16(12-14-18)7-6-9-17-8-4-5-10-19(17)21/h6-7,9,11-14H,3-5,8,10,15H2,1-2H3/b7-6+,17-9+. The highest BCUT2D eigenvalue weighted by atomic mass is 16.1. The van der Waals surface area contributed by atoms with Crippen molar-refractivity contribution in [2.24, 2.45) is 0 Å². The number of anilines is 1. The van der Waals surface area contributed by atoms with Gasteiger partial charge < -0.3 is 4.90 Å². The summed E-state index contributed by atoms with van der Waals surface area (Å²) < 4.78 is 0. The molecule has 1 aromatic rings. The molecule has 1 aliphatic rings. The fourth-order valence-electron chi connectivity index (χ4n) is 2.66. The van der Waals surface area contributed by atoms with Gasteiger partial charge in [0.25, 0.3) is 0 Å². The highest BCUT2D eigenvalue weighted by Crippen LogP contribution is 2.20. The van der Waals surface area contributed by atoms with Gasteiger partial charge >= 0.3 is 0 Å². The first-order chi connectivity index (χ1) is 10.2. The van der Waals surface area contributed by atoms with E-state index >= 15 is 0 Å². The fraction of sp³-hybridized carbons (Fsp3) is 0.421. The van der Waals surface area contributed by atoms with Crippen LogP contribution >= 0.6 is 0 Å². The topological polar surface area (TPSA) is 20.3 Å². The molecular weight excluding hydrogens is 258 g/mol. The molecule has 2 rings (SSSR count). The van der Waals surface area contributed by atoms with Gasteiger partial charge in [0.15, 0.2) is 5.78 Å².